The van der Waals surface area contributed by atoms with Crippen LogP contribution in [0.5, 0.6) is 0 Å². The SMILES string of the molecule is CCC(CC(C)C=O)C(=O)OC/C(F)=C(F)/C(F)=C(F)/C(F)=C/F. The summed E-state index contributed by atoms with van der Waals surface area (Å²) in [5, 5.41) is 0. The Balaban J connectivity index is 5.01. The van der Waals surface area contributed by atoms with Crippen LogP contribution in [0.1, 0.15) is 26.7 Å². The van der Waals surface area contributed by atoms with Gasteiger partial charge in [0.15, 0.2) is 29.1 Å². The van der Waals surface area contributed by atoms with E-state index in [2.05, 4.69) is 4.74 Å². The van der Waals surface area contributed by atoms with Gasteiger partial charge in [0.2, 0.25) is 0 Å². The minimum atomic E-state index is -2.60. The number of aldehydes is 1. The molecule has 0 aliphatic carbocycles. The van der Waals surface area contributed by atoms with E-state index in [0.717, 1.165) is 0 Å². The Kier molecular flexibility index (Phi) is 9.75. The van der Waals surface area contributed by atoms with Gasteiger partial charge in [-0.2, -0.15) is 0 Å². The number of halogens is 6. The lowest BCUT2D eigenvalue weighted by molar-refractivity contribution is -0.148. The van der Waals surface area contributed by atoms with Crippen molar-refractivity contribution in [1.29, 1.82) is 0 Å². The summed E-state index contributed by atoms with van der Waals surface area (Å²) in [6, 6.07) is 0. The highest BCUT2D eigenvalue weighted by Crippen LogP contribution is 2.28. The summed E-state index contributed by atoms with van der Waals surface area (Å²) in [5.74, 6) is -14.2. The van der Waals surface area contributed by atoms with Gasteiger partial charge in [-0.15, -0.1) is 0 Å². The Labute approximate surface area is 134 Å². The molecule has 9 heteroatoms. The van der Waals surface area contributed by atoms with Gasteiger partial charge in [-0.3, -0.25) is 4.79 Å². The highest BCUT2D eigenvalue weighted by molar-refractivity contribution is 5.73. The predicted octanol–water partition coefficient (Wildman–Crippen LogP) is 4.86. The summed E-state index contributed by atoms with van der Waals surface area (Å²) >= 11 is 0. The number of ether oxygens (including phenoxy) is 1. The molecule has 2 atom stereocenters. The van der Waals surface area contributed by atoms with E-state index < -0.39 is 59.9 Å². The van der Waals surface area contributed by atoms with E-state index in [1.807, 2.05) is 0 Å². The van der Waals surface area contributed by atoms with Gasteiger partial charge in [0.05, 0.1) is 5.92 Å². The zero-order chi connectivity index (χ0) is 18.9. The minimum Gasteiger partial charge on any atom is -0.458 e. The molecular formula is C15H16F6O3. The minimum absolute atomic E-state index is 0.113. The maximum Gasteiger partial charge on any atom is 0.309 e. The van der Waals surface area contributed by atoms with Crippen LogP contribution in [-0.4, -0.2) is 18.9 Å². The third-order valence-electron chi connectivity index (χ3n) is 2.98. The molecule has 2 unspecified atom stereocenters. The van der Waals surface area contributed by atoms with E-state index in [-0.39, 0.29) is 12.8 Å². The standard InChI is InChI=1S/C15H16F6O3/c1-3-9(4-8(2)6-22)15(23)24-7-11(18)13(20)14(21)12(19)10(17)5-16/h5-6,8-9H,3-4,7H2,1-2H3/b10-5-,13-11+,14-12+. The van der Waals surface area contributed by atoms with E-state index in [9.17, 15) is 35.9 Å². The second kappa shape index (κ2) is 10.7. The number of allylic oxidation sites excluding steroid dienone is 4. The van der Waals surface area contributed by atoms with Crippen molar-refractivity contribution in [3.05, 3.63) is 35.5 Å². The molecule has 0 radical (unpaired) electrons. The van der Waals surface area contributed by atoms with E-state index in [1.54, 1.807) is 13.8 Å². The Morgan fingerprint density at radius 1 is 1.08 bits per heavy atom. The summed E-state index contributed by atoms with van der Waals surface area (Å²) in [5.41, 5.74) is 0. The van der Waals surface area contributed by atoms with Gasteiger partial charge < -0.3 is 9.53 Å². The second-order valence-corrected chi connectivity index (χ2v) is 4.87. The zero-order valence-electron chi connectivity index (χ0n) is 12.9. The quantitative estimate of drug-likeness (QED) is 0.256. The Morgan fingerprint density at radius 2 is 1.67 bits per heavy atom. The lowest BCUT2D eigenvalue weighted by Gasteiger charge is -2.15. The van der Waals surface area contributed by atoms with E-state index in [4.69, 9.17) is 0 Å². The molecule has 0 aliphatic heterocycles. The molecule has 0 bridgehead atoms. The van der Waals surface area contributed by atoms with Crippen molar-refractivity contribution in [2.75, 3.05) is 6.61 Å². The van der Waals surface area contributed by atoms with Crippen LogP contribution < -0.4 is 0 Å². The first-order chi connectivity index (χ1) is 11.2. The number of esters is 1. The molecule has 24 heavy (non-hydrogen) atoms. The van der Waals surface area contributed by atoms with E-state index in [1.165, 1.54) is 0 Å². The van der Waals surface area contributed by atoms with Crippen LogP contribution in [0.3, 0.4) is 0 Å². The van der Waals surface area contributed by atoms with E-state index >= 15 is 0 Å². The highest BCUT2D eigenvalue weighted by Gasteiger charge is 2.24. The van der Waals surface area contributed by atoms with Gasteiger partial charge in [-0.05, 0) is 12.8 Å². The summed E-state index contributed by atoms with van der Waals surface area (Å²) in [4.78, 5) is 22.2. The largest absolute Gasteiger partial charge is 0.458 e. The van der Waals surface area contributed by atoms with Crippen LogP contribution >= 0.6 is 0 Å². The van der Waals surface area contributed by atoms with Crippen LogP contribution in [-0.2, 0) is 14.3 Å². The molecule has 3 nitrogen and oxygen atoms in total. The first-order valence-corrected chi connectivity index (χ1v) is 6.87. The molecular weight excluding hydrogens is 342 g/mol. The van der Waals surface area contributed by atoms with Crippen LogP contribution in [0, 0.1) is 11.8 Å². The first-order valence-electron chi connectivity index (χ1n) is 6.87. The van der Waals surface area contributed by atoms with Crippen LogP contribution in [0.15, 0.2) is 35.5 Å². The molecule has 136 valence electrons. The third-order valence-corrected chi connectivity index (χ3v) is 2.98. The molecule has 0 saturated heterocycles. The van der Waals surface area contributed by atoms with Crippen molar-refractivity contribution in [1.82, 2.24) is 0 Å². The Morgan fingerprint density at radius 3 is 2.12 bits per heavy atom. The molecule has 0 aromatic heterocycles. The molecule has 0 rings (SSSR count). The van der Waals surface area contributed by atoms with Crippen molar-refractivity contribution in [3.63, 3.8) is 0 Å². The van der Waals surface area contributed by atoms with Crippen molar-refractivity contribution in [3.8, 4) is 0 Å². The van der Waals surface area contributed by atoms with Gasteiger partial charge >= 0.3 is 5.97 Å². The number of hydrogen-bond acceptors (Lipinski definition) is 3. The lowest BCUT2D eigenvalue weighted by Crippen LogP contribution is -2.20. The van der Waals surface area contributed by atoms with Gasteiger partial charge in [0, 0.05) is 5.92 Å². The summed E-state index contributed by atoms with van der Waals surface area (Å²) in [6.07, 6.45) is -0.00553. The van der Waals surface area contributed by atoms with Gasteiger partial charge in [-0.1, -0.05) is 13.8 Å². The fourth-order valence-corrected chi connectivity index (χ4v) is 1.62. The number of carbonyl (C=O) groups is 2. The molecule has 0 spiro atoms. The maximum atomic E-state index is 13.3. The normalized spacial score (nSPS) is 16.8. The zero-order valence-corrected chi connectivity index (χ0v) is 12.9. The summed E-state index contributed by atoms with van der Waals surface area (Å²) < 4.78 is 80.9. The van der Waals surface area contributed by atoms with Gasteiger partial charge in [-0.25, -0.2) is 26.3 Å². The molecule has 0 N–H and O–H groups in total. The average molecular weight is 358 g/mol. The molecule has 0 aromatic rings. The fourth-order valence-electron chi connectivity index (χ4n) is 1.62. The maximum absolute atomic E-state index is 13.3. The number of rotatable bonds is 9. The van der Waals surface area contributed by atoms with Crippen molar-refractivity contribution < 1.29 is 40.7 Å². The van der Waals surface area contributed by atoms with Crippen molar-refractivity contribution >= 4 is 12.3 Å². The van der Waals surface area contributed by atoms with Gasteiger partial charge in [0.1, 0.15) is 19.2 Å². The van der Waals surface area contributed by atoms with Gasteiger partial charge in [0.25, 0.3) is 0 Å². The monoisotopic (exact) mass is 358 g/mol. The van der Waals surface area contributed by atoms with Crippen LogP contribution in [0.2, 0.25) is 0 Å². The van der Waals surface area contributed by atoms with Crippen LogP contribution in [0.4, 0.5) is 26.3 Å². The summed E-state index contributed by atoms with van der Waals surface area (Å²) in [6.45, 7) is 1.78. The van der Waals surface area contributed by atoms with E-state index in [0.29, 0.717) is 6.29 Å². The molecule has 0 saturated carbocycles. The molecule has 0 amide bonds. The number of carbonyl (C=O) groups excluding carboxylic acids is 2. The average Bonchev–Trinajstić information content (AvgIpc) is 2.60. The lowest BCUT2D eigenvalue weighted by atomic mass is 9.95. The third kappa shape index (κ3) is 6.59. The van der Waals surface area contributed by atoms with Crippen molar-refractivity contribution in [2.45, 2.75) is 26.7 Å². The molecule has 0 aliphatic rings. The van der Waals surface area contributed by atoms with Crippen LogP contribution in [0.25, 0.3) is 0 Å². The molecule has 0 aromatic carbocycles. The second-order valence-electron chi connectivity index (χ2n) is 4.87. The highest BCUT2D eigenvalue weighted by atomic mass is 19.2. The molecule has 0 fully saturated rings. The predicted molar refractivity (Wildman–Crippen MR) is 73.4 cm³/mol. The first kappa shape index (κ1) is 21.9. The topological polar surface area (TPSA) is 43.4 Å². The van der Waals surface area contributed by atoms with Crippen molar-refractivity contribution in [2.24, 2.45) is 11.8 Å². The molecule has 0 heterocycles. The smallest absolute Gasteiger partial charge is 0.309 e. The number of hydrogen-bond donors (Lipinski definition) is 0. The fraction of sp³-hybridized carbons (Fsp3) is 0.467. The Bertz CT molecular complexity index is 553. The Hall–Kier alpha value is -2.06. The summed E-state index contributed by atoms with van der Waals surface area (Å²) in [7, 11) is 0.